The number of hydrogen-bond acceptors (Lipinski definition) is 1. The third kappa shape index (κ3) is 4.00. The van der Waals surface area contributed by atoms with Crippen LogP contribution in [0, 0.1) is 0 Å². The van der Waals surface area contributed by atoms with Gasteiger partial charge >= 0.3 is 0 Å². The Morgan fingerprint density at radius 2 is 2.38 bits per heavy atom. The van der Waals surface area contributed by atoms with Crippen LogP contribution < -0.4 is 0 Å². The second-order valence-corrected chi connectivity index (χ2v) is 1.87. The molecule has 0 N–H and O–H groups in total. The molecule has 0 rings (SSSR count). The van der Waals surface area contributed by atoms with E-state index in [0.717, 1.165) is 12.8 Å². The van der Waals surface area contributed by atoms with E-state index < -0.39 is 0 Å². The molecule has 0 bridgehead atoms. The molecule has 0 saturated heterocycles. The maximum Gasteiger partial charge on any atom is 0.182 e. The van der Waals surface area contributed by atoms with Crippen LogP contribution in [0.4, 0.5) is 0 Å². The summed E-state index contributed by atoms with van der Waals surface area (Å²) in [4.78, 5) is 0. The summed E-state index contributed by atoms with van der Waals surface area (Å²) in [5.41, 5.74) is 0. The molecule has 0 unspecified atom stereocenters. The van der Waals surface area contributed by atoms with Crippen LogP contribution in [0.5, 0.6) is 0 Å². The number of rotatable bonds is 3. The smallest absolute Gasteiger partial charge is 0.182 e. The van der Waals surface area contributed by atoms with E-state index in [1.54, 1.807) is 7.11 Å². The van der Waals surface area contributed by atoms with Gasteiger partial charge in [-0.25, -0.2) is 0 Å². The average molecular weight is 135 g/mol. The van der Waals surface area contributed by atoms with Crippen molar-refractivity contribution < 1.29 is 4.74 Å². The van der Waals surface area contributed by atoms with E-state index in [0.29, 0.717) is 5.22 Å². The van der Waals surface area contributed by atoms with E-state index >= 15 is 0 Å². The van der Waals surface area contributed by atoms with Crippen molar-refractivity contribution in [2.75, 3.05) is 7.11 Å². The van der Waals surface area contributed by atoms with Crippen LogP contribution in [-0.4, -0.2) is 7.11 Å². The van der Waals surface area contributed by atoms with Crippen LogP contribution in [0.15, 0.2) is 11.3 Å². The Morgan fingerprint density at radius 3 is 2.75 bits per heavy atom. The van der Waals surface area contributed by atoms with E-state index in [1.165, 1.54) is 0 Å². The number of allylic oxidation sites excluding steroid dienone is 1. The Morgan fingerprint density at radius 1 is 1.75 bits per heavy atom. The van der Waals surface area contributed by atoms with E-state index in [9.17, 15) is 0 Å². The van der Waals surface area contributed by atoms with Crippen molar-refractivity contribution in [2.45, 2.75) is 19.8 Å². The third-order valence-electron chi connectivity index (χ3n) is 0.789. The molecule has 0 aromatic rings. The van der Waals surface area contributed by atoms with Gasteiger partial charge in [0.25, 0.3) is 0 Å². The molecule has 0 spiro atoms. The van der Waals surface area contributed by atoms with Gasteiger partial charge in [0.1, 0.15) is 0 Å². The topological polar surface area (TPSA) is 9.23 Å². The molecule has 0 heterocycles. The van der Waals surface area contributed by atoms with Gasteiger partial charge in [-0.2, -0.15) is 0 Å². The highest BCUT2D eigenvalue weighted by Gasteiger charge is 1.83. The highest BCUT2D eigenvalue weighted by Crippen LogP contribution is 2.03. The van der Waals surface area contributed by atoms with E-state index in [2.05, 4.69) is 11.7 Å². The first-order valence-corrected chi connectivity index (χ1v) is 3.08. The van der Waals surface area contributed by atoms with Gasteiger partial charge in [-0.3, -0.25) is 0 Å². The molecule has 0 fully saturated rings. The molecule has 8 heavy (non-hydrogen) atoms. The van der Waals surface area contributed by atoms with Crippen LogP contribution in [0.2, 0.25) is 0 Å². The lowest BCUT2D eigenvalue weighted by atomic mass is 10.3. The van der Waals surface area contributed by atoms with Crippen LogP contribution in [0.3, 0.4) is 0 Å². The third-order valence-corrected chi connectivity index (χ3v) is 1.10. The van der Waals surface area contributed by atoms with Crippen molar-refractivity contribution in [2.24, 2.45) is 0 Å². The molecule has 0 saturated carbocycles. The maximum absolute atomic E-state index is 5.48. The van der Waals surface area contributed by atoms with Gasteiger partial charge in [0.15, 0.2) is 5.22 Å². The van der Waals surface area contributed by atoms with Gasteiger partial charge < -0.3 is 4.74 Å². The van der Waals surface area contributed by atoms with Gasteiger partial charge in [0.05, 0.1) is 7.11 Å². The predicted molar refractivity (Wildman–Crippen MR) is 35.9 cm³/mol. The lowest BCUT2D eigenvalue weighted by Crippen LogP contribution is -1.74. The normalized spacial score (nSPS) is 11.6. The fraction of sp³-hybridized carbons (Fsp3) is 0.667. The molecule has 48 valence electrons. The Hall–Kier alpha value is -0.170. The highest BCUT2D eigenvalue weighted by atomic mass is 35.5. The molecule has 0 aliphatic heterocycles. The molecule has 1 nitrogen and oxygen atoms in total. The summed E-state index contributed by atoms with van der Waals surface area (Å²) in [5.74, 6) is 0. The molecular formula is C6H11ClO. The molecular weight excluding hydrogens is 124 g/mol. The summed E-state index contributed by atoms with van der Waals surface area (Å²) in [7, 11) is 1.56. The zero-order valence-corrected chi connectivity index (χ0v) is 6.03. The van der Waals surface area contributed by atoms with Crippen LogP contribution in [0.1, 0.15) is 19.8 Å². The van der Waals surface area contributed by atoms with Crippen molar-refractivity contribution in [1.82, 2.24) is 0 Å². The number of ether oxygens (including phenoxy) is 1. The number of hydrogen-bond donors (Lipinski definition) is 0. The summed E-state index contributed by atoms with van der Waals surface area (Å²) in [6.45, 7) is 2.09. The van der Waals surface area contributed by atoms with E-state index in [-0.39, 0.29) is 0 Å². The largest absolute Gasteiger partial charge is 0.486 e. The monoisotopic (exact) mass is 134 g/mol. The Balaban J connectivity index is 3.26. The summed E-state index contributed by atoms with van der Waals surface area (Å²) in [5, 5.41) is 0.492. The quantitative estimate of drug-likeness (QED) is 0.539. The second kappa shape index (κ2) is 4.98. The Kier molecular flexibility index (Phi) is 4.87. The minimum atomic E-state index is 0.492. The number of unbranched alkanes of at least 4 members (excludes halogenated alkanes) is 1. The minimum absolute atomic E-state index is 0.492. The van der Waals surface area contributed by atoms with Gasteiger partial charge in [-0.1, -0.05) is 13.3 Å². The molecule has 0 radical (unpaired) electrons. The standard InChI is InChI=1S/C6H11ClO/c1-3-4-5-6(7)8-2/h5H,3-4H2,1-2H3. The van der Waals surface area contributed by atoms with Crippen LogP contribution in [-0.2, 0) is 4.74 Å². The van der Waals surface area contributed by atoms with Crippen LogP contribution >= 0.6 is 11.6 Å². The molecule has 0 atom stereocenters. The van der Waals surface area contributed by atoms with Crippen molar-refractivity contribution in [1.29, 1.82) is 0 Å². The van der Waals surface area contributed by atoms with Gasteiger partial charge in [0, 0.05) is 0 Å². The molecule has 0 aliphatic rings. The summed E-state index contributed by atoms with van der Waals surface area (Å²) in [6.07, 6.45) is 3.97. The maximum atomic E-state index is 5.48. The van der Waals surface area contributed by atoms with Gasteiger partial charge in [-0.15, -0.1) is 0 Å². The summed E-state index contributed by atoms with van der Waals surface area (Å²) >= 11 is 5.48. The van der Waals surface area contributed by atoms with Crippen molar-refractivity contribution in [3.05, 3.63) is 11.3 Å². The van der Waals surface area contributed by atoms with Crippen LogP contribution in [0.25, 0.3) is 0 Å². The molecule has 0 aliphatic carbocycles. The van der Waals surface area contributed by atoms with E-state index in [4.69, 9.17) is 11.6 Å². The lowest BCUT2D eigenvalue weighted by Gasteiger charge is -1.92. The van der Waals surface area contributed by atoms with Crippen molar-refractivity contribution in [3.8, 4) is 0 Å². The predicted octanol–water partition coefficient (Wildman–Crippen LogP) is 2.51. The van der Waals surface area contributed by atoms with E-state index in [1.807, 2.05) is 6.08 Å². The minimum Gasteiger partial charge on any atom is -0.486 e. The molecule has 0 aromatic carbocycles. The zero-order chi connectivity index (χ0) is 6.41. The first-order chi connectivity index (χ1) is 3.81. The molecule has 0 aromatic heterocycles. The molecule has 0 amide bonds. The second-order valence-electron chi connectivity index (χ2n) is 1.50. The first-order valence-electron chi connectivity index (χ1n) is 2.71. The fourth-order valence-corrected chi connectivity index (χ4v) is 0.450. The Labute approximate surface area is 55.3 Å². The lowest BCUT2D eigenvalue weighted by molar-refractivity contribution is 0.320. The average Bonchev–Trinajstić information content (AvgIpc) is 1.83. The van der Waals surface area contributed by atoms with Gasteiger partial charge in [0.2, 0.25) is 0 Å². The fourth-order valence-electron chi connectivity index (χ4n) is 0.341. The molecule has 2 heteroatoms. The number of methoxy groups -OCH3 is 1. The van der Waals surface area contributed by atoms with Gasteiger partial charge in [-0.05, 0) is 24.1 Å². The SMILES string of the molecule is CCCC=C(Cl)OC. The highest BCUT2D eigenvalue weighted by molar-refractivity contribution is 6.28. The number of halogens is 1. The summed E-state index contributed by atoms with van der Waals surface area (Å²) < 4.78 is 4.68. The van der Waals surface area contributed by atoms with Crippen molar-refractivity contribution in [3.63, 3.8) is 0 Å². The Bertz CT molecular complexity index is 78.6. The zero-order valence-electron chi connectivity index (χ0n) is 5.28. The first kappa shape index (κ1) is 7.83. The van der Waals surface area contributed by atoms with Crippen molar-refractivity contribution >= 4 is 11.6 Å². The summed E-state index contributed by atoms with van der Waals surface area (Å²) in [6, 6.07) is 0.